The average Bonchev–Trinajstić information content (AvgIpc) is 3.26. The first-order valence-electron chi connectivity index (χ1n) is 7.90. The van der Waals surface area contributed by atoms with Crippen LogP contribution in [-0.2, 0) is 0 Å². The van der Waals surface area contributed by atoms with Crippen LogP contribution in [0.2, 0.25) is 0 Å². The van der Waals surface area contributed by atoms with Crippen molar-refractivity contribution in [2.75, 3.05) is 6.61 Å². The number of hydrogen-bond acceptors (Lipinski definition) is 5. The Morgan fingerprint density at radius 1 is 1.57 bits per heavy atom. The average molecular weight is 318 g/mol. The molecule has 2 aromatic rings. The van der Waals surface area contributed by atoms with E-state index in [1.807, 2.05) is 0 Å². The number of nitrogens with zero attached hydrogens (tertiary/aromatic N) is 2. The predicted octanol–water partition coefficient (Wildman–Crippen LogP) is 1.09. The lowest BCUT2D eigenvalue weighted by Gasteiger charge is -2.33. The van der Waals surface area contributed by atoms with Gasteiger partial charge in [0.25, 0.3) is 5.91 Å². The predicted molar refractivity (Wildman–Crippen MR) is 85.1 cm³/mol. The molecule has 0 aromatic carbocycles. The van der Waals surface area contributed by atoms with Crippen LogP contribution in [0, 0.1) is 0 Å². The van der Waals surface area contributed by atoms with Gasteiger partial charge in [0.1, 0.15) is 5.52 Å². The molecule has 7 heteroatoms. The number of fused-ring (bicyclic) bond motifs is 1. The van der Waals surface area contributed by atoms with E-state index in [0.29, 0.717) is 22.6 Å². The van der Waals surface area contributed by atoms with Crippen molar-refractivity contribution in [3.63, 3.8) is 0 Å². The molecule has 0 radical (unpaired) electrons. The number of nitrogens with one attached hydrogen (secondary N) is 2. The SMILES string of the molecule is CC(O)C(C)(CCO)NC(=O)c1c[nH]c2ncc(C3CC3)nc12. The van der Waals surface area contributed by atoms with E-state index in [-0.39, 0.29) is 18.9 Å². The highest BCUT2D eigenvalue weighted by atomic mass is 16.3. The number of hydrogen-bond donors (Lipinski definition) is 4. The van der Waals surface area contributed by atoms with Gasteiger partial charge in [-0.05, 0) is 33.1 Å². The maximum atomic E-state index is 12.6. The summed E-state index contributed by atoms with van der Waals surface area (Å²) in [7, 11) is 0. The number of aliphatic hydroxyl groups excluding tert-OH is 2. The maximum absolute atomic E-state index is 12.6. The number of H-pyrrole nitrogens is 1. The van der Waals surface area contributed by atoms with Crippen molar-refractivity contribution in [1.82, 2.24) is 20.3 Å². The van der Waals surface area contributed by atoms with Gasteiger partial charge in [-0.1, -0.05) is 0 Å². The van der Waals surface area contributed by atoms with Gasteiger partial charge < -0.3 is 20.5 Å². The van der Waals surface area contributed by atoms with Gasteiger partial charge in [-0.15, -0.1) is 0 Å². The van der Waals surface area contributed by atoms with Gasteiger partial charge in [0.05, 0.1) is 29.1 Å². The van der Waals surface area contributed by atoms with Crippen LogP contribution in [0.5, 0.6) is 0 Å². The zero-order valence-corrected chi connectivity index (χ0v) is 13.3. The molecule has 0 saturated heterocycles. The van der Waals surface area contributed by atoms with Gasteiger partial charge in [0.2, 0.25) is 0 Å². The summed E-state index contributed by atoms with van der Waals surface area (Å²) in [4.78, 5) is 24.5. The van der Waals surface area contributed by atoms with Crippen LogP contribution in [-0.4, -0.2) is 49.3 Å². The summed E-state index contributed by atoms with van der Waals surface area (Å²) in [6.07, 6.45) is 5.03. The largest absolute Gasteiger partial charge is 0.396 e. The minimum atomic E-state index is -0.906. The van der Waals surface area contributed by atoms with Crippen molar-refractivity contribution in [2.24, 2.45) is 0 Å². The molecule has 1 amide bonds. The Hall–Kier alpha value is -1.99. The standard InChI is InChI=1S/C16H22N4O3/c1-9(22)16(2,5-6-21)20-15(23)11-7-17-14-13(11)19-12(8-18-14)10-3-4-10/h7-10,21-22H,3-6H2,1-2H3,(H,17,18)(H,20,23). The van der Waals surface area contributed by atoms with Crippen molar-refractivity contribution >= 4 is 17.1 Å². The first-order valence-corrected chi connectivity index (χ1v) is 7.90. The summed E-state index contributed by atoms with van der Waals surface area (Å²) < 4.78 is 0. The zero-order chi connectivity index (χ0) is 16.6. The van der Waals surface area contributed by atoms with E-state index in [2.05, 4.69) is 20.3 Å². The molecular formula is C16H22N4O3. The van der Waals surface area contributed by atoms with Crippen LogP contribution in [0.1, 0.15) is 55.1 Å². The van der Waals surface area contributed by atoms with Crippen molar-refractivity contribution in [2.45, 2.75) is 50.7 Å². The van der Waals surface area contributed by atoms with Gasteiger partial charge in [-0.3, -0.25) is 4.79 Å². The van der Waals surface area contributed by atoms with Crippen LogP contribution >= 0.6 is 0 Å². The Labute approximate surface area is 134 Å². The quantitative estimate of drug-likeness (QED) is 0.637. The first kappa shape index (κ1) is 15.9. The number of aromatic amines is 1. The molecule has 0 aliphatic heterocycles. The molecule has 3 rings (SSSR count). The third-order valence-corrected chi connectivity index (χ3v) is 4.59. The van der Waals surface area contributed by atoms with Crippen LogP contribution in [0.4, 0.5) is 0 Å². The zero-order valence-electron chi connectivity index (χ0n) is 13.3. The van der Waals surface area contributed by atoms with E-state index in [0.717, 1.165) is 18.5 Å². The minimum Gasteiger partial charge on any atom is -0.396 e. The Morgan fingerprint density at radius 3 is 2.91 bits per heavy atom. The van der Waals surface area contributed by atoms with Crippen LogP contribution in [0.25, 0.3) is 11.2 Å². The van der Waals surface area contributed by atoms with Gasteiger partial charge >= 0.3 is 0 Å². The molecule has 4 N–H and O–H groups in total. The van der Waals surface area contributed by atoms with Gasteiger partial charge in [0, 0.05) is 18.7 Å². The highest BCUT2D eigenvalue weighted by Crippen LogP contribution is 2.39. The van der Waals surface area contributed by atoms with Crippen molar-refractivity contribution in [3.05, 3.63) is 23.7 Å². The fourth-order valence-corrected chi connectivity index (χ4v) is 2.59. The van der Waals surface area contributed by atoms with E-state index in [1.165, 1.54) is 0 Å². The Bertz CT molecular complexity index is 723. The molecule has 1 aliphatic rings. The topological polar surface area (TPSA) is 111 Å². The summed E-state index contributed by atoms with van der Waals surface area (Å²) in [5.74, 6) is 0.116. The van der Waals surface area contributed by atoms with E-state index in [1.54, 1.807) is 26.2 Å². The summed E-state index contributed by atoms with van der Waals surface area (Å²) in [5, 5.41) is 21.9. The number of aromatic nitrogens is 3. The lowest BCUT2D eigenvalue weighted by atomic mass is 9.91. The molecule has 1 aliphatic carbocycles. The van der Waals surface area contributed by atoms with Gasteiger partial charge in [0.15, 0.2) is 5.65 Å². The Morgan fingerprint density at radius 2 is 2.30 bits per heavy atom. The molecule has 2 unspecified atom stereocenters. The molecule has 0 spiro atoms. The fourth-order valence-electron chi connectivity index (χ4n) is 2.59. The smallest absolute Gasteiger partial charge is 0.255 e. The minimum absolute atomic E-state index is 0.124. The highest BCUT2D eigenvalue weighted by Gasteiger charge is 2.33. The van der Waals surface area contributed by atoms with Crippen molar-refractivity contribution in [1.29, 1.82) is 0 Å². The van der Waals surface area contributed by atoms with Crippen LogP contribution in [0.3, 0.4) is 0 Å². The molecule has 1 fully saturated rings. The number of carbonyl (C=O) groups excluding carboxylic acids is 1. The molecule has 124 valence electrons. The molecule has 0 bridgehead atoms. The highest BCUT2D eigenvalue weighted by molar-refractivity contribution is 6.04. The third kappa shape index (κ3) is 3.07. The normalized spacial score (nSPS) is 18.6. The molecule has 2 aromatic heterocycles. The second kappa shape index (κ2) is 5.90. The van der Waals surface area contributed by atoms with Gasteiger partial charge in [-0.2, -0.15) is 0 Å². The number of aliphatic hydroxyl groups is 2. The Kier molecular flexibility index (Phi) is 4.08. The van der Waals surface area contributed by atoms with Gasteiger partial charge in [-0.25, -0.2) is 9.97 Å². The number of amides is 1. The summed E-state index contributed by atoms with van der Waals surface area (Å²) in [6, 6.07) is 0. The molecule has 1 saturated carbocycles. The molecule has 2 atom stereocenters. The van der Waals surface area contributed by atoms with Crippen LogP contribution < -0.4 is 5.32 Å². The van der Waals surface area contributed by atoms with E-state index in [4.69, 9.17) is 0 Å². The molecular weight excluding hydrogens is 296 g/mol. The summed E-state index contributed by atoms with van der Waals surface area (Å²) in [5.41, 5.74) is 1.53. The van der Waals surface area contributed by atoms with E-state index < -0.39 is 11.6 Å². The van der Waals surface area contributed by atoms with Crippen molar-refractivity contribution in [3.8, 4) is 0 Å². The second-order valence-corrected chi connectivity index (χ2v) is 6.49. The summed E-state index contributed by atoms with van der Waals surface area (Å²) in [6.45, 7) is 3.18. The molecule has 7 nitrogen and oxygen atoms in total. The van der Waals surface area contributed by atoms with E-state index in [9.17, 15) is 15.0 Å². The monoisotopic (exact) mass is 318 g/mol. The fraction of sp³-hybridized carbons (Fsp3) is 0.562. The lowest BCUT2D eigenvalue weighted by Crippen LogP contribution is -2.54. The summed E-state index contributed by atoms with van der Waals surface area (Å²) >= 11 is 0. The third-order valence-electron chi connectivity index (χ3n) is 4.59. The second-order valence-electron chi connectivity index (χ2n) is 6.49. The van der Waals surface area contributed by atoms with Crippen molar-refractivity contribution < 1.29 is 15.0 Å². The van der Waals surface area contributed by atoms with E-state index >= 15 is 0 Å². The number of rotatable bonds is 6. The number of carbonyl (C=O) groups is 1. The maximum Gasteiger partial charge on any atom is 0.255 e. The molecule has 2 heterocycles. The lowest BCUT2D eigenvalue weighted by molar-refractivity contribution is 0.0545. The first-order chi connectivity index (χ1) is 10.9. The molecule has 23 heavy (non-hydrogen) atoms. The van der Waals surface area contributed by atoms with Crippen LogP contribution in [0.15, 0.2) is 12.4 Å². The Balaban J connectivity index is 1.89.